The van der Waals surface area contributed by atoms with Gasteiger partial charge in [0, 0.05) is 14.1 Å². The molecule has 6 nitrogen and oxygen atoms in total. The van der Waals surface area contributed by atoms with Gasteiger partial charge in [0.2, 0.25) is 0 Å². The molecule has 0 aromatic heterocycles. The minimum Gasteiger partial charge on any atom is -0.493 e. The lowest BCUT2D eigenvalue weighted by atomic mass is 10.1. The van der Waals surface area contributed by atoms with Crippen LogP contribution in [-0.4, -0.2) is 47.9 Å². The van der Waals surface area contributed by atoms with Crippen LogP contribution in [0, 0.1) is 5.82 Å². The number of amides is 2. The Kier molecular flexibility index (Phi) is 5.93. The Bertz CT molecular complexity index is 978. The van der Waals surface area contributed by atoms with E-state index in [4.69, 9.17) is 21.7 Å². The molecule has 0 saturated carbocycles. The maximum Gasteiger partial charge on any atom is 0.265 e. The summed E-state index contributed by atoms with van der Waals surface area (Å²) in [6, 6.07) is 11.1. The molecule has 3 rings (SSSR count). The summed E-state index contributed by atoms with van der Waals surface area (Å²) in [4.78, 5) is 27.4. The van der Waals surface area contributed by atoms with E-state index in [1.807, 2.05) is 0 Å². The molecule has 1 saturated heterocycles. The summed E-state index contributed by atoms with van der Waals surface area (Å²) in [6.07, 6.45) is 1.49. The molecule has 2 amide bonds. The molecule has 2 aromatic carbocycles. The molecule has 2 aromatic rings. The Labute approximate surface area is 173 Å². The number of hydrogen-bond donors (Lipinski definition) is 0. The van der Waals surface area contributed by atoms with Crippen molar-refractivity contribution in [2.75, 3.05) is 21.2 Å². The van der Waals surface area contributed by atoms with E-state index in [1.54, 1.807) is 30.3 Å². The first kappa shape index (κ1) is 20.5. The number of carbonyl (C=O) groups excluding carboxylic acids is 2. The average Bonchev–Trinajstić information content (AvgIpc) is 2.74. The average molecular weight is 414 g/mol. The highest BCUT2D eigenvalue weighted by Gasteiger charge is 2.35. The minimum absolute atomic E-state index is 0.00522. The smallest absolute Gasteiger partial charge is 0.265 e. The van der Waals surface area contributed by atoms with Gasteiger partial charge in [0.05, 0.1) is 7.11 Å². The molecular weight excluding hydrogens is 395 g/mol. The van der Waals surface area contributed by atoms with Gasteiger partial charge in [-0.05, 0) is 53.7 Å². The van der Waals surface area contributed by atoms with Crippen LogP contribution in [0.3, 0.4) is 0 Å². The number of methoxy groups -OCH3 is 1. The summed E-state index contributed by atoms with van der Waals surface area (Å²) in [5, 5.41) is 0.152. The number of ether oxygens (including phenoxy) is 2. The molecule has 0 radical (unpaired) electrons. The summed E-state index contributed by atoms with van der Waals surface area (Å²) >= 11 is 5.08. The highest BCUT2D eigenvalue weighted by molar-refractivity contribution is 7.80. The topological polar surface area (TPSA) is 59.1 Å². The standard InChI is InChI=1S/C21H19FN2O4S/c1-23-19(25)16(20(26)24(2)21(23)29)10-14-6-9-17(18(11-14)27-3)28-12-13-4-7-15(22)8-5-13/h4-11H,12H2,1-3H3. The maximum atomic E-state index is 13.0. The first-order chi connectivity index (χ1) is 13.8. The first-order valence-electron chi connectivity index (χ1n) is 8.69. The lowest BCUT2D eigenvalue weighted by Crippen LogP contribution is -2.52. The molecule has 29 heavy (non-hydrogen) atoms. The Morgan fingerprint density at radius 3 is 2.21 bits per heavy atom. The Morgan fingerprint density at radius 2 is 1.62 bits per heavy atom. The van der Waals surface area contributed by atoms with Gasteiger partial charge in [-0.1, -0.05) is 18.2 Å². The third-order valence-corrected chi connectivity index (χ3v) is 5.00. The minimum atomic E-state index is -0.464. The van der Waals surface area contributed by atoms with Crippen molar-refractivity contribution >= 4 is 35.2 Å². The van der Waals surface area contributed by atoms with Gasteiger partial charge in [-0.15, -0.1) is 0 Å². The summed E-state index contributed by atoms with van der Waals surface area (Å²) in [5.41, 5.74) is 1.41. The summed E-state index contributed by atoms with van der Waals surface area (Å²) in [6.45, 7) is 0.237. The Balaban J connectivity index is 1.83. The SMILES string of the molecule is COc1cc(C=C2C(=O)N(C)C(=S)N(C)C2=O)ccc1OCc1ccc(F)cc1. The quantitative estimate of drug-likeness (QED) is 0.428. The zero-order valence-electron chi connectivity index (χ0n) is 16.1. The van der Waals surface area contributed by atoms with E-state index in [-0.39, 0.29) is 23.1 Å². The van der Waals surface area contributed by atoms with Crippen molar-refractivity contribution in [1.29, 1.82) is 0 Å². The molecular formula is C21H19FN2O4S. The van der Waals surface area contributed by atoms with Crippen molar-refractivity contribution in [3.8, 4) is 11.5 Å². The van der Waals surface area contributed by atoms with Gasteiger partial charge in [0.1, 0.15) is 18.0 Å². The zero-order chi connectivity index (χ0) is 21.1. The third-order valence-electron chi connectivity index (χ3n) is 4.45. The fraction of sp³-hybridized carbons (Fsp3) is 0.190. The van der Waals surface area contributed by atoms with Crippen molar-refractivity contribution in [2.45, 2.75) is 6.61 Å². The van der Waals surface area contributed by atoms with Gasteiger partial charge in [0.15, 0.2) is 16.6 Å². The highest BCUT2D eigenvalue weighted by atomic mass is 32.1. The van der Waals surface area contributed by atoms with Crippen LogP contribution in [0.15, 0.2) is 48.0 Å². The molecule has 150 valence electrons. The van der Waals surface area contributed by atoms with Gasteiger partial charge in [-0.3, -0.25) is 19.4 Å². The molecule has 0 bridgehead atoms. The lowest BCUT2D eigenvalue weighted by molar-refractivity contribution is -0.132. The van der Waals surface area contributed by atoms with Crippen LogP contribution in [-0.2, 0) is 16.2 Å². The lowest BCUT2D eigenvalue weighted by Gasteiger charge is -2.31. The van der Waals surface area contributed by atoms with Crippen LogP contribution < -0.4 is 9.47 Å². The molecule has 8 heteroatoms. The summed E-state index contributed by atoms with van der Waals surface area (Å²) < 4.78 is 24.1. The molecule has 0 atom stereocenters. The van der Waals surface area contributed by atoms with Gasteiger partial charge in [-0.25, -0.2) is 4.39 Å². The van der Waals surface area contributed by atoms with E-state index in [2.05, 4.69) is 0 Å². The number of nitrogens with zero attached hydrogens (tertiary/aromatic N) is 2. The second-order valence-electron chi connectivity index (χ2n) is 6.39. The van der Waals surface area contributed by atoms with Crippen LogP contribution in [0.1, 0.15) is 11.1 Å². The van der Waals surface area contributed by atoms with Crippen LogP contribution in [0.2, 0.25) is 0 Å². The molecule has 0 N–H and O–H groups in total. The Hall–Kier alpha value is -3.26. The van der Waals surface area contributed by atoms with E-state index in [0.29, 0.717) is 17.1 Å². The van der Waals surface area contributed by atoms with E-state index >= 15 is 0 Å². The molecule has 1 heterocycles. The van der Waals surface area contributed by atoms with Crippen LogP contribution >= 0.6 is 12.2 Å². The maximum absolute atomic E-state index is 13.0. The van der Waals surface area contributed by atoms with Gasteiger partial charge >= 0.3 is 0 Å². The van der Waals surface area contributed by atoms with Gasteiger partial charge in [0.25, 0.3) is 11.8 Å². The highest BCUT2D eigenvalue weighted by Crippen LogP contribution is 2.30. The number of benzene rings is 2. The molecule has 0 aliphatic carbocycles. The summed E-state index contributed by atoms with van der Waals surface area (Å²) in [7, 11) is 4.54. The second-order valence-corrected chi connectivity index (χ2v) is 6.76. The fourth-order valence-electron chi connectivity index (χ4n) is 2.78. The van der Waals surface area contributed by atoms with Crippen LogP contribution in [0.5, 0.6) is 11.5 Å². The van der Waals surface area contributed by atoms with Crippen LogP contribution in [0.25, 0.3) is 6.08 Å². The number of carbonyl (C=O) groups is 2. The molecule has 1 aliphatic heterocycles. The van der Waals surface area contributed by atoms with Gasteiger partial charge < -0.3 is 9.47 Å². The fourth-order valence-corrected chi connectivity index (χ4v) is 2.94. The van der Waals surface area contributed by atoms with Crippen molar-refractivity contribution < 1.29 is 23.5 Å². The van der Waals surface area contributed by atoms with E-state index in [9.17, 15) is 14.0 Å². The molecule has 0 spiro atoms. The van der Waals surface area contributed by atoms with Crippen LogP contribution in [0.4, 0.5) is 4.39 Å². The largest absolute Gasteiger partial charge is 0.493 e. The summed E-state index contributed by atoms with van der Waals surface area (Å²) in [5.74, 6) is -0.319. The number of likely N-dealkylation sites (N-methyl/N-ethyl adjacent to an activating group) is 2. The van der Waals surface area contributed by atoms with Crippen molar-refractivity contribution in [3.05, 3.63) is 65.0 Å². The predicted octanol–water partition coefficient (Wildman–Crippen LogP) is 3.01. The van der Waals surface area contributed by atoms with Crippen molar-refractivity contribution in [2.24, 2.45) is 0 Å². The third kappa shape index (κ3) is 4.27. The van der Waals surface area contributed by atoms with Crippen molar-refractivity contribution in [3.63, 3.8) is 0 Å². The van der Waals surface area contributed by atoms with E-state index < -0.39 is 11.8 Å². The predicted molar refractivity (Wildman–Crippen MR) is 110 cm³/mol. The number of halogens is 1. The van der Waals surface area contributed by atoms with Crippen molar-refractivity contribution in [1.82, 2.24) is 9.80 Å². The molecule has 0 unspecified atom stereocenters. The normalized spacial score (nSPS) is 14.3. The number of hydrogen-bond acceptors (Lipinski definition) is 5. The van der Waals surface area contributed by atoms with E-state index in [0.717, 1.165) is 5.56 Å². The monoisotopic (exact) mass is 414 g/mol. The second kappa shape index (κ2) is 8.40. The number of rotatable bonds is 5. The molecule has 1 aliphatic rings. The Morgan fingerprint density at radius 1 is 1.00 bits per heavy atom. The molecule has 1 fully saturated rings. The number of thiocarbonyl (C=S) groups is 1. The first-order valence-corrected chi connectivity index (χ1v) is 9.09. The zero-order valence-corrected chi connectivity index (χ0v) is 17.0. The van der Waals surface area contributed by atoms with E-state index in [1.165, 1.54) is 49.2 Å². The van der Waals surface area contributed by atoms with Gasteiger partial charge in [-0.2, -0.15) is 0 Å².